The van der Waals surface area contributed by atoms with Crippen molar-refractivity contribution in [1.82, 2.24) is 14.7 Å². The van der Waals surface area contributed by atoms with Gasteiger partial charge in [0.1, 0.15) is 5.82 Å². The van der Waals surface area contributed by atoms with Crippen molar-refractivity contribution in [1.29, 1.82) is 0 Å². The predicted molar refractivity (Wildman–Crippen MR) is 82.3 cm³/mol. The van der Waals surface area contributed by atoms with Crippen molar-refractivity contribution in [2.45, 2.75) is 19.4 Å². The van der Waals surface area contributed by atoms with Gasteiger partial charge in [-0.15, -0.1) is 0 Å². The van der Waals surface area contributed by atoms with Gasteiger partial charge in [-0.3, -0.25) is 9.48 Å². The number of carbonyl (C=O) groups is 1. The van der Waals surface area contributed by atoms with E-state index in [1.807, 2.05) is 16.9 Å². The fraction of sp³-hybridized carbons (Fsp3) is 0.375. The van der Waals surface area contributed by atoms with Crippen molar-refractivity contribution in [3.05, 3.63) is 53.1 Å². The zero-order valence-corrected chi connectivity index (χ0v) is 12.8. The molecule has 1 aliphatic heterocycles. The summed E-state index contributed by atoms with van der Waals surface area (Å²) >= 11 is 5.65. The van der Waals surface area contributed by atoms with E-state index in [4.69, 9.17) is 11.6 Å². The lowest BCUT2D eigenvalue weighted by Crippen LogP contribution is -2.39. The molecular weight excluding hydrogens is 305 g/mol. The van der Waals surface area contributed by atoms with Crippen LogP contribution in [0.4, 0.5) is 4.39 Å². The van der Waals surface area contributed by atoms with Gasteiger partial charge in [-0.1, -0.05) is 11.6 Å². The van der Waals surface area contributed by atoms with Gasteiger partial charge in [-0.2, -0.15) is 5.10 Å². The third kappa shape index (κ3) is 3.30. The number of likely N-dealkylation sites (tertiary alicyclic amines) is 1. The van der Waals surface area contributed by atoms with E-state index in [1.54, 1.807) is 17.2 Å². The van der Waals surface area contributed by atoms with Crippen LogP contribution >= 0.6 is 11.6 Å². The Morgan fingerprint density at radius 1 is 1.36 bits per heavy atom. The van der Waals surface area contributed by atoms with E-state index in [2.05, 4.69) is 5.10 Å². The van der Waals surface area contributed by atoms with Crippen LogP contribution in [0.15, 0.2) is 36.7 Å². The molecule has 1 aromatic carbocycles. The van der Waals surface area contributed by atoms with E-state index in [0.29, 0.717) is 24.6 Å². The first-order chi connectivity index (χ1) is 10.6. The van der Waals surface area contributed by atoms with Gasteiger partial charge in [0.05, 0.1) is 5.02 Å². The highest BCUT2D eigenvalue weighted by Gasteiger charge is 2.24. The minimum atomic E-state index is -0.555. The highest BCUT2D eigenvalue weighted by atomic mass is 35.5. The monoisotopic (exact) mass is 321 g/mol. The summed E-state index contributed by atoms with van der Waals surface area (Å²) in [4.78, 5) is 14.2. The zero-order valence-electron chi connectivity index (χ0n) is 12.1. The molecule has 0 N–H and O–H groups in total. The summed E-state index contributed by atoms with van der Waals surface area (Å²) in [7, 11) is 0. The molecule has 1 saturated heterocycles. The minimum Gasteiger partial charge on any atom is -0.339 e. The van der Waals surface area contributed by atoms with Crippen molar-refractivity contribution in [2.75, 3.05) is 13.1 Å². The molecule has 0 saturated carbocycles. The minimum absolute atomic E-state index is 0.0366. The Kier molecular flexibility index (Phi) is 4.43. The fourth-order valence-electron chi connectivity index (χ4n) is 2.80. The summed E-state index contributed by atoms with van der Waals surface area (Å²) < 4.78 is 15.4. The zero-order chi connectivity index (χ0) is 15.5. The largest absolute Gasteiger partial charge is 0.339 e. The molecule has 1 fully saturated rings. The maximum atomic E-state index is 13.5. The number of nitrogens with zero attached hydrogens (tertiary/aromatic N) is 3. The molecule has 22 heavy (non-hydrogen) atoms. The number of rotatable bonds is 3. The fourth-order valence-corrected chi connectivity index (χ4v) is 2.92. The first-order valence-corrected chi connectivity index (χ1v) is 7.73. The topological polar surface area (TPSA) is 38.1 Å². The smallest absolute Gasteiger partial charge is 0.253 e. The van der Waals surface area contributed by atoms with Crippen LogP contribution < -0.4 is 0 Å². The van der Waals surface area contributed by atoms with Crippen LogP contribution in [0.2, 0.25) is 5.02 Å². The first-order valence-electron chi connectivity index (χ1n) is 7.35. The Hall–Kier alpha value is -1.88. The van der Waals surface area contributed by atoms with Gasteiger partial charge in [0, 0.05) is 37.6 Å². The Balaban J connectivity index is 1.58. The predicted octanol–water partition coefficient (Wildman–Crippen LogP) is 3.23. The Morgan fingerprint density at radius 2 is 2.14 bits per heavy atom. The molecule has 4 nitrogen and oxygen atoms in total. The van der Waals surface area contributed by atoms with Crippen molar-refractivity contribution in [2.24, 2.45) is 5.92 Å². The number of hydrogen-bond acceptors (Lipinski definition) is 2. The summed E-state index contributed by atoms with van der Waals surface area (Å²) in [6, 6.07) is 6.12. The molecule has 0 atom stereocenters. The second kappa shape index (κ2) is 6.48. The number of aromatic nitrogens is 2. The van der Waals surface area contributed by atoms with Gasteiger partial charge in [0.25, 0.3) is 5.91 Å². The molecule has 6 heteroatoms. The summed E-state index contributed by atoms with van der Waals surface area (Å²) in [6.07, 6.45) is 5.59. The summed E-state index contributed by atoms with van der Waals surface area (Å²) in [5.41, 5.74) is 0.354. The maximum Gasteiger partial charge on any atom is 0.253 e. The number of carbonyl (C=O) groups excluding carboxylic acids is 1. The van der Waals surface area contributed by atoms with E-state index in [-0.39, 0.29) is 10.9 Å². The quantitative estimate of drug-likeness (QED) is 0.870. The first kappa shape index (κ1) is 15.0. The molecule has 3 rings (SSSR count). The molecule has 1 aromatic heterocycles. The highest BCUT2D eigenvalue weighted by Crippen LogP contribution is 2.22. The van der Waals surface area contributed by atoms with Crippen molar-refractivity contribution < 1.29 is 9.18 Å². The van der Waals surface area contributed by atoms with E-state index in [9.17, 15) is 9.18 Å². The van der Waals surface area contributed by atoms with Gasteiger partial charge < -0.3 is 4.90 Å². The van der Waals surface area contributed by atoms with Gasteiger partial charge in [-0.25, -0.2) is 4.39 Å². The third-order valence-corrected chi connectivity index (χ3v) is 4.38. The average Bonchev–Trinajstić information content (AvgIpc) is 3.03. The number of halogens is 2. The van der Waals surface area contributed by atoms with E-state index in [1.165, 1.54) is 12.1 Å². The lowest BCUT2D eigenvalue weighted by atomic mass is 9.96. The molecule has 2 aromatic rings. The molecule has 0 bridgehead atoms. The molecule has 116 valence electrons. The van der Waals surface area contributed by atoms with Gasteiger partial charge in [0.2, 0.25) is 0 Å². The van der Waals surface area contributed by atoms with Crippen LogP contribution in [-0.2, 0) is 6.54 Å². The lowest BCUT2D eigenvalue weighted by molar-refractivity contribution is 0.0681. The van der Waals surface area contributed by atoms with Crippen LogP contribution in [0, 0.1) is 11.7 Å². The van der Waals surface area contributed by atoms with Gasteiger partial charge in [0.15, 0.2) is 0 Å². The SMILES string of the molecule is O=C(c1ccc(Cl)c(F)c1)N1CCC(Cn2cccn2)CC1. The average molecular weight is 322 g/mol. The Bertz CT molecular complexity index is 651. The second-order valence-corrected chi connectivity index (χ2v) is 6.00. The molecule has 1 amide bonds. The third-order valence-electron chi connectivity index (χ3n) is 4.07. The second-order valence-electron chi connectivity index (χ2n) is 5.59. The highest BCUT2D eigenvalue weighted by molar-refractivity contribution is 6.30. The van der Waals surface area contributed by atoms with Crippen molar-refractivity contribution >= 4 is 17.5 Å². The van der Waals surface area contributed by atoms with Crippen LogP contribution in [0.5, 0.6) is 0 Å². The molecule has 0 aliphatic carbocycles. The maximum absolute atomic E-state index is 13.5. The van der Waals surface area contributed by atoms with Crippen LogP contribution in [0.1, 0.15) is 23.2 Å². The summed E-state index contributed by atoms with van der Waals surface area (Å²) in [5, 5.41) is 4.25. The van der Waals surface area contributed by atoms with E-state index < -0.39 is 5.82 Å². The summed E-state index contributed by atoms with van der Waals surface area (Å²) in [6.45, 7) is 2.26. The van der Waals surface area contributed by atoms with Crippen molar-refractivity contribution in [3.63, 3.8) is 0 Å². The van der Waals surface area contributed by atoms with Gasteiger partial charge >= 0.3 is 0 Å². The number of benzene rings is 1. The van der Waals surface area contributed by atoms with E-state index >= 15 is 0 Å². The lowest BCUT2D eigenvalue weighted by Gasteiger charge is -2.32. The number of hydrogen-bond donors (Lipinski definition) is 0. The summed E-state index contributed by atoms with van der Waals surface area (Å²) in [5.74, 6) is -0.167. The molecule has 0 unspecified atom stereocenters. The molecule has 1 aliphatic rings. The number of amides is 1. The van der Waals surface area contributed by atoms with E-state index in [0.717, 1.165) is 19.4 Å². The van der Waals surface area contributed by atoms with Crippen LogP contribution in [0.3, 0.4) is 0 Å². The molecule has 0 spiro atoms. The molecule has 2 heterocycles. The number of piperidine rings is 1. The normalized spacial score (nSPS) is 16.0. The Labute approximate surface area is 133 Å². The Morgan fingerprint density at radius 3 is 2.77 bits per heavy atom. The van der Waals surface area contributed by atoms with Crippen molar-refractivity contribution in [3.8, 4) is 0 Å². The van der Waals surface area contributed by atoms with Crippen LogP contribution in [0.25, 0.3) is 0 Å². The standard InChI is InChI=1S/C16H17ClFN3O/c17-14-3-2-13(10-15(14)18)16(22)20-8-4-12(5-9-20)11-21-7-1-6-19-21/h1-3,6-7,10,12H,4-5,8-9,11H2. The molecular formula is C16H17ClFN3O. The van der Waals surface area contributed by atoms with Gasteiger partial charge in [-0.05, 0) is 43.0 Å². The van der Waals surface area contributed by atoms with Crippen LogP contribution in [-0.4, -0.2) is 33.7 Å². The molecule has 0 radical (unpaired) electrons.